The van der Waals surface area contributed by atoms with E-state index in [-0.39, 0.29) is 23.8 Å². The third kappa shape index (κ3) is 2.33. The fourth-order valence-corrected chi connectivity index (χ4v) is 1.38. The summed E-state index contributed by atoms with van der Waals surface area (Å²) in [6, 6.07) is 2.20. The normalized spacial score (nSPS) is 11.8. The number of hydrogen-bond acceptors (Lipinski definition) is 4. The Hall–Kier alpha value is -1.96. The van der Waals surface area contributed by atoms with Gasteiger partial charge in [0.1, 0.15) is 5.82 Å². The quantitative estimate of drug-likeness (QED) is 0.843. The van der Waals surface area contributed by atoms with Gasteiger partial charge in [0.25, 0.3) is 5.89 Å². The lowest BCUT2D eigenvalue weighted by Gasteiger charge is -2.09. The van der Waals surface area contributed by atoms with Gasteiger partial charge in [-0.15, -0.1) is 0 Å². The van der Waals surface area contributed by atoms with Crippen LogP contribution in [-0.4, -0.2) is 10.1 Å². The average molecular weight is 261 g/mol. The molecule has 8 heteroatoms. The first kappa shape index (κ1) is 12.5. The number of nitrogens with zero attached hydrogens (tertiary/aromatic N) is 2. The Morgan fingerprint density at radius 1 is 1.28 bits per heavy atom. The summed E-state index contributed by atoms with van der Waals surface area (Å²) >= 11 is 0. The Balaban J connectivity index is 2.56. The van der Waals surface area contributed by atoms with Crippen molar-refractivity contribution < 1.29 is 22.1 Å². The van der Waals surface area contributed by atoms with Crippen LogP contribution in [0.15, 0.2) is 22.7 Å². The molecule has 96 valence electrons. The van der Waals surface area contributed by atoms with Gasteiger partial charge in [-0.1, -0.05) is 5.16 Å². The van der Waals surface area contributed by atoms with Crippen molar-refractivity contribution >= 4 is 0 Å². The van der Waals surface area contributed by atoms with E-state index in [1.165, 1.54) is 0 Å². The van der Waals surface area contributed by atoms with Crippen LogP contribution in [0.1, 0.15) is 11.4 Å². The van der Waals surface area contributed by atoms with Gasteiger partial charge in [0.2, 0.25) is 0 Å². The van der Waals surface area contributed by atoms with Crippen LogP contribution in [0.3, 0.4) is 0 Å². The Labute approximate surface area is 98.4 Å². The summed E-state index contributed by atoms with van der Waals surface area (Å²) in [5, 5.41) is 3.38. The minimum atomic E-state index is -4.71. The molecular weight excluding hydrogens is 254 g/mol. The smallest absolute Gasteiger partial charge is 0.334 e. The topological polar surface area (TPSA) is 64.9 Å². The maximum Gasteiger partial charge on any atom is 0.417 e. The maximum absolute atomic E-state index is 12.9. The van der Waals surface area contributed by atoms with Crippen molar-refractivity contribution in [1.82, 2.24) is 10.1 Å². The molecule has 0 amide bonds. The van der Waals surface area contributed by atoms with Gasteiger partial charge in [-0.05, 0) is 18.2 Å². The van der Waals surface area contributed by atoms with Crippen molar-refractivity contribution in [3.05, 3.63) is 35.4 Å². The maximum atomic E-state index is 12.9. The molecule has 18 heavy (non-hydrogen) atoms. The minimum absolute atomic E-state index is 0.0634. The van der Waals surface area contributed by atoms with Crippen LogP contribution in [0.5, 0.6) is 0 Å². The summed E-state index contributed by atoms with van der Waals surface area (Å²) in [6.07, 6.45) is -4.71. The standard InChI is InChI=1S/C10H7F4N3O/c11-5-1-2-6(7(3-5)10(12,13)14)9-16-8(4-15)17-18-9/h1-3H,4,15H2. The predicted octanol–water partition coefficient (Wildman–Crippen LogP) is 2.35. The van der Waals surface area contributed by atoms with Crippen LogP contribution < -0.4 is 5.73 Å². The molecule has 0 bridgehead atoms. The number of halogens is 4. The number of nitrogens with two attached hydrogens (primary N) is 1. The second kappa shape index (κ2) is 4.37. The zero-order valence-electron chi connectivity index (χ0n) is 8.83. The first-order chi connectivity index (χ1) is 8.41. The molecule has 4 nitrogen and oxygen atoms in total. The highest BCUT2D eigenvalue weighted by Crippen LogP contribution is 2.36. The highest BCUT2D eigenvalue weighted by atomic mass is 19.4. The molecule has 1 heterocycles. The molecule has 0 atom stereocenters. The fraction of sp³-hybridized carbons (Fsp3) is 0.200. The SMILES string of the molecule is NCc1noc(-c2ccc(F)cc2C(F)(F)F)n1. The highest BCUT2D eigenvalue weighted by Gasteiger charge is 2.35. The van der Waals surface area contributed by atoms with Crippen LogP contribution >= 0.6 is 0 Å². The molecule has 2 N–H and O–H groups in total. The van der Waals surface area contributed by atoms with E-state index in [1.807, 2.05) is 0 Å². The third-order valence-electron chi connectivity index (χ3n) is 2.17. The molecule has 2 aromatic rings. The molecule has 0 saturated heterocycles. The summed E-state index contributed by atoms with van der Waals surface area (Å²) in [7, 11) is 0. The molecule has 0 saturated carbocycles. The first-order valence-corrected chi connectivity index (χ1v) is 4.81. The second-order valence-electron chi connectivity index (χ2n) is 3.41. The van der Waals surface area contributed by atoms with Crippen molar-refractivity contribution in [3.63, 3.8) is 0 Å². The summed E-state index contributed by atoms with van der Waals surface area (Å²) in [4.78, 5) is 3.68. The zero-order chi connectivity index (χ0) is 13.3. The number of benzene rings is 1. The second-order valence-corrected chi connectivity index (χ2v) is 3.41. The van der Waals surface area contributed by atoms with Crippen LogP contribution in [0.4, 0.5) is 17.6 Å². The Morgan fingerprint density at radius 3 is 2.56 bits per heavy atom. The van der Waals surface area contributed by atoms with Crippen molar-refractivity contribution in [2.45, 2.75) is 12.7 Å². The number of aromatic nitrogens is 2. The summed E-state index contributed by atoms with van der Waals surface area (Å²) in [5.41, 5.74) is 3.67. The monoisotopic (exact) mass is 261 g/mol. The molecule has 0 aliphatic heterocycles. The predicted molar refractivity (Wildman–Crippen MR) is 52.6 cm³/mol. The van der Waals surface area contributed by atoms with Crippen molar-refractivity contribution in [2.75, 3.05) is 0 Å². The van der Waals surface area contributed by atoms with Gasteiger partial charge in [0.05, 0.1) is 17.7 Å². The molecule has 0 unspecified atom stereocenters. The first-order valence-electron chi connectivity index (χ1n) is 4.81. The lowest BCUT2D eigenvalue weighted by Crippen LogP contribution is -2.08. The number of hydrogen-bond donors (Lipinski definition) is 1. The van der Waals surface area contributed by atoms with Gasteiger partial charge >= 0.3 is 6.18 Å². The molecule has 0 aliphatic carbocycles. The van der Waals surface area contributed by atoms with Gasteiger partial charge < -0.3 is 10.3 Å². The average Bonchev–Trinajstić information content (AvgIpc) is 2.76. The lowest BCUT2D eigenvalue weighted by molar-refractivity contribution is -0.137. The zero-order valence-corrected chi connectivity index (χ0v) is 8.83. The summed E-state index contributed by atoms with van der Waals surface area (Å²) in [5.74, 6) is -1.27. The van der Waals surface area contributed by atoms with Crippen LogP contribution in [0.25, 0.3) is 11.5 Å². The number of alkyl halides is 3. The fourth-order valence-electron chi connectivity index (χ4n) is 1.38. The molecular formula is C10H7F4N3O. The summed E-state index contributed by atoms with van der Waals surface area (Å²) < 4.78 is 55.7. The molecule has 0 fully saturated rings. The van der Waals surface area contributed by atoms with Crippen LogP contribution in [0, 0.1) is 5.82 Å². The van der Waals surface area contributed by atoms with E-state index in [9.17, 15) is 17.6 Å². The largest absolute Gasteiger partial charge is 0.417 e. The van der Waals surface area contributed by atoms with Gasteiger partial charge in [0, 0.05) is 0 Å². The van der Waals surface area contributed by atoms with Gasteiger partial charge in [-0.3, -0.25) is 0 Å². The third-order valence-corrected chi connectivity index (χ3v) is 2.17. The molecule has 1 aromatic heterocycles. The summed E-state index contributed by atoms with van der Waals surface area (Å²) in [6.45, 7) is -0.0634. The number of rotatable bonds is 2. The van der Waals surface area contributed by atoms with E-state index >= 15 is 0 Å². The Morgan fingerprint density at radius 2 is 2.00 bits per heavy atom. The van der Waals surface area contributed by atoms with Crippen molar-refractivity contribution in [1.29, 1.82) is 0 Å². The highest BCUT2D eigenvalue weighted by molar-refractivity contribution is 5.59. The minimum Gasteiger partial charge on any atom is -0.334 e. The molecule has 0 radical (unpaired) electrons. The Kier molecular flexibility index (Phi) is 3.04. The van der Waals surface area contributed by atoms with E-state index in [2.05, 4.69) is 14.7 Å². The molecule has 2 rings (SSSR count). The van der Waals surface area contributed by atoms with Crippen LogP contribution in [-0.2, 0) is 12.7 Å². The van der Waals surface area contributed by atoms with E-state index in [0.717, 1.165) is 12.1 Å². The van der Waals surface area contributed by atoms with E-state index in [1.54, 1.807) is 0 Å². The molecule has 0 spiro atoms. The molecule has 0 aliphatic rings. The van der Waals surface area contributed by atoms with Gasteiger partial charge in [-0.2, -0.15) is 18.2 Å². The van der Waals surface area contributed by atoms with E-state index < -0.39 is 17.6 Å². The van der Waals surface area contributed by atoms with E-state index in [0.29, 0.717) is 6.07 Å². The van der Waals surface area contributed by atoms with Crippen molar-refractivity contribution in [3.8, 4) is 11.5 Å². The lowest BCUT2D eigenvalue weighted by atomic mass is 10.1. The van der Waals surface area contributed by atoms with Gasteiger partial charge in [-0.25, -0.2) is 4.39 Å². The van der Waals surface area contributed by atoms with Gasteiger partial charge in [0.15, 0.2) is 5.82 Å². The Bertz CT molecular complexity index is 564. The van der Waals surface area contributed by atoms with Crippen LogP contribution in [0.2, 0.25) is 0 Å². The van der Waals surface area contributed by atoms with E-state index in [4.69, 9.17) is 5.73 Å². The molecule has 1 aromatic carbocycles. The van der Waals surface area contributed by atoms with Crippen molar-refractivity contribution in [2.24, 2.45) is 5.73 Å².